The van der Waals surface area contributed by atoms with E-state index in [2.05, 4.69) is 10.4 Å². The quantitative estimate of drug-likeness (QED) is 0.799. The first-order chi connectivity index (χ1) is 10.4. The molecule has 1 amide bonds. The van der Waals surface area contributed by atoms with Crippen molar-refractivity contribution in [2.24, 2.45) is 0 Å². The largest absolute Gasteiger partial charge is 0.270 e. The number of nitrogens with zero attached hydrogens (tertiary/aromatic N) is 2. The summed E-state index contributed by atoms with van der Waals surface area (Å²) in [6.45, 7) is 0. The highest BCUT2D eigenvalue weighted by molar-refractivity contribution is 7.90. The van der Waals surface area contributed by atoms with E-state index < -0.39 is 15.7 Å². The molecule has 0 bridgehead atoms. The van der Waals surface area contributed by atoms with Gasteiger partial charge in [-0.15, -0.1) is 0 Å². The molecule has 6 nitrogen and oxygen atoms in total. The van der Waals surface area contributed by atoms with Gasteiger partial charge in [0.25, 0.3) is 5.91 Å². The molecule has 0 spiro atoms. The van der Waals surface area contributed by atoms with Crippen LogP contribution < -0.4 is 5.43 Å². The fraction of sp³-hybridized carbons (Fsp3) is 0.0667. The number of hydrogen-bond acceptors (Lipinski definition) is 4. The molecule has 0 aliphatic carbocycles. The summed E-state index contributed by atoms with van der Waals surface area (Å²) in [5, 5.41) is 0. The number of rotatable bonds is 3. The second kappa shape index (κ2) is 5.27. The van der Waals surface area contributed by atoms with E-state index in [9.17, 15) is 13.2 Å². The van der Waals surface area contributed by atoms with Crippen LogP contribution in [-0.4, -0.2) is 30.2 Å². The van der Waals surface area contributed by atoms with Gasteiger partial charge in [0.1, 0.15) is 6.33 Å². The highest BCUT2D eigenvalue weighted by atomic mass is 32.2. The average Bonchev–Trinajstić information content (AvgIpc) is 2.90. The minimum atomic E-state index is -3.35. The minimum Gasteiger partial charge on any atom is -0.267 e. The Morgan fingerprint density at radius 3 is 2.68 bits per heavy atom. The van der Waals surface area contributed by atoms with Crippen LogP contribution in [0, 0.1) is 0 Å². The third-order valence-corrected chi connectivity index (χ3v) is 4.31. The SMILES string of the molecule is CS(=O)(=O)c1cccc(C(=O)Nn2cnc3ccccc32)c1. The first kappa shape index (κ1) is 14.3. The number of imidazole rings is 1. The van der Waals surface area contributed by atoms with Gasteiger partial charge < -0.3 is 0 Å². The van der Waals surface area contributed by atoms with Crippen LogP contribution in [0.4, 0.5) is 0 Å². The number of hydrogen-bond donors (Lipinski definition) is 1. The molecule has 1 heterocycles. The number of carbonyl (C=O) groups excluding carboxylic acids is 1. The maximum Gasteiger partial charge on any atom is 0.270 e. The van der Waals surface area contributed by atoms with Crippen molar-refractivity contribution >= 4 is 26.8 Å². The summed E-state index contributed by atoms with van der Waals surface area (Å²) in [4.78, 5) is 16.6. The number of fused-ring (bicyclic) bond motifs is 1. The van der Waals surface area contributed by atoms with Gasteiger partial charge in [-0.25, -0.2) is 18.1 Å². The normalized spacial score (nSPS) is 11.5. The molecule has 2 aromatic carbocycles. The number of carbonyl (C=O) groups is 1. The molecule has 0 aliphatic rings. The van der Waals surface area contributed by atoms with Crippen molar-refractivity contribution in [3.8, 4) is 0 Å². The van der Waals surface area contributed by atoms with Crippen molar-refractivity contribution < 1.29 is 13.2 Å². The second-order valence-corrected chi connectivity index (χ2v) is 6.86. The molecule has 0 aliphatic heterocycles. The van der Waals surface area contributed by atoms with Gasteiger partial charge in [-0.05, 0) is 30.3 Å². The summed E-state index contributed by atoms with van der Waals surface area (Å²) in [5.41, 5.74) is 4.46. The van der Waals surface area contributed by atoms with E-state index in [1.807, 2.05) is 24.3 Å². The predicted molar refractivity (Wildman–Crippen MR) is 83.0 cm³/mol. The third kappa shape index (κ3) is 2.71. The number of sulfone groups is 1. The molecule has 3 aromatic rings. The Kier molecular flexibility index (Phi) is 3.42. The van der Waals surface area contributed by atoms with Crippen molar-refractivity contribution in [1.82, 2.24) is 9.66 Å². The topological polar surface area (TPSA) is 81.1 Å². The molecule has 0 saturated carbocycles. The summed E-state index contributed by atoms with van der Waals surface area (Å²) < 4.78 is 24.6. The molecule has 0 atom stereocenters. The van der Waals surface area contributed by atoms with Crippen molar-refractivity contribution in [2.75, 3.05) is 11.7 Å². The Labute approximate surface area is 127 Å². The van der Waals surface area contributed by atoms with Gasteiger partial charge in [-0.1, -0.05) is 18.2 Å². The lowest BCUT2D eigenvalue weighted by Gasteiger charge is -2.08. The molecule has 1 aromatic heterocycles. The van der Waals surface area contributed by atoms with E-state index in [4.69, 9.17) is 0 Å². The van der Waals surface area contributed by atoms with E-state index in [1.54, 1.807) is 6.07 Å². The molecule has 1 N–H and O–H groups in total. The van der Waals surface area contributed by atoms with Crippen LogP contribution in [-0.2, 0) is 9.84 Å². The van der Waals surface area contributed by atoms with Crippen LogP contribution in [0.3, 0.4) is 0 Å². The third-order valence-electron chi connectivity index (χ3n) is 3.20. The zero-order chi connectivity index (χ0) is 15.7. The lowest BCUT2D eigenvalue weighted by Crippen LogP contribution is -2.22. The molecule has 112 valence electrons. The maximum atomic E-state index is 12.3. The van der Waals surface area contributed by atoms with E-state index >= 15 is 0 Å². The first-order valence-corrected chi connectivity index (χ1v) is 8.38. The van der Waals surface area contributed by atoms with Gasteiger partial charge in [0.2, 0.25) is 0 Å². The Morgan fingerprint density at radius 2 is 1.91 bits per heavy atom. The van der Waals surface area contributed by atoms with Gasteiger partial charge in [-0.3, -0.25) is 10.2 Å². The summed E-state index contributed by atoms with van der Waals surface area (Å²) in [6, 6.07) is 13.3. The van der Waals surface area contributed by atoms with Gasteiger partial charge >= 0.3 is 0 Å². The monoisotopic (exact) mass is 315 g/mol. The van der Waals surface area contributed by atoms with Crippen LogP contribution in [0.5, 0.6) is 0 Å². The van der Waals surface area contributed by atoms with Crippen molar-refractivity contribution in [2.45, 2.75) is 4.90 Å². The lowest BCUT2D eigenvalue weighted by atomic mass is 10.2. The molecule has 3 rings (SSSR count). The molecule has 7 heteroatoms. The molecule has 0 fully saturated rings. The fourth-order valence-electron chi connectivity index (χ4n) is 2.09. The van der Waals surface area contributed by atoms with E-state index in [0.717, 1.165) is 17.3 Å². The van der Waals surface area contributed by atoms with Crippen LogP contribution in [0.25, 0.3) is 11.0 Å². The Balaban J connectivity index is 1.92. The van der Waals surface area contributed by atoms with Crippen molar-refractivity contribution in [3.05, 3.63) is 60.4 Å². The van der Waals surface area contributed by atoms with E-state index in [-0.39, 0.29) is 10.5 Å². The van der Waals surface area contributed by atoms with Crippen LogP contribution in [0.1, 0.15) is 10.4 Å². The highest BCUT2D eigenvalue weighted by Gasteiger charge is 2.12. The van der Waals surface area contributed by atoms with Crippen molar-refractivity contribution in [3.63, 3.8) is 0 Å². The van der Waals surface area contributed by atoms with Crippen molar-refractivity contribution in [1.29, 1.82) is 0 Å². The number of para-hydroxylation sites is 2. The summed E-state index contributed by atoms with van der Waals surface area (Å²) in [6.07, 6.45) is 2.61. The number of nitrogens with one attached hydrogen (secondary N) is 1. The first-order valence-electron chi connectivity index (χ1n) is 6.49. The summed E-state index contributed by atoms with van der Waals surface area (Å²) in [5.74, 6) is -0.409. The van der Waals surface area contributed by atoms with E-state index in [1.165, 1.54) is 29.2 Å². The molecular weight excluding hydrogens is 302 g/mol. The standard InChI is InChI=1S/C15H13N3O3S/c1-22(20,21)12-6-4-5-11(9-12)15(19)17-18-10-16-13-7-2-3-8-14(13)18/h2-10H,1H3,(H,17,19). The highest BCUT2D eigenvalue weighted by Crippen LogP contribution is 2.13. The average molecular weight is 315 g/mol. The van der Waals surface area contributed by atoms with E-state index in [0.29, 0.717) is 0 Å². The fourth-order valence-corrected chi connectivity index (χ4v) is 2.76. The van der Waals surface area contributed by atoms with Gasteiger partial charge in [-0.2, -0.15) is 0 Å². The van der Waals surface area contributed by atoms with Gasteiger partial charge in [0.05, 0.1) is 15.9 Å². The number of benzene rings is 2. The summed E-state index contributed by atoms with van der Waals surface area (Å²) in [7, 11) is -3.35. The van der Waals surface area contributed by atoms with Crippen LogP contribution >= 0.6 is 0 Å². The minimum absolute atomic E-state index is 0.107. The Morgan fingerprint density at radius 1 is 1.14 bits per heavy atom. The van der Waals surface area contributed by atoms with Crippen LogP contribution in [0.15, 0.2) is 59.8 Å². The molecular formula is C15H13N3O3S. The number of aromatic nitrogens is 2. The number of amides is 1. The zero-order valence-corrected chi connectivity index (χ0v) is 12.5. The predicted octanol–water partition coefficient (Wildman–Crippen LogP) is 1.82. The molecule has 0 saturated heterocycles. The van der Waals surface area contributed by atoms with Gasteiger partial charge in [0.15, 0.2) is 9.84 Å². The van der Waals surface area contributed by atoms with Crippen LogP contribution in [0.2, 0.25) is 0 Å². The Bertz CT molecular complexity index is 961. The zero-order valence-electron chi connectivity index (χ0n) is 11.7. The molecule has 0 unspecified atom stereocenters. The second-order valence-electron chi connectivity index (χ2n) is 4.84. The molecule has 0 radical (unpaired) electrons. The van der Waals surface area contributed by atoms with Gasteiger partial charge in [0, 0.05) is 11.8 Å². The Hall–Kier alpha value is -2.67. The smallest absolute Gasteiger partial charge is 0.267 e. The summed E-state index contributed by atoms with van der Waals surface area (Å²) >= 11 is 0. The molecule has 22 heavy (non-hydrogen) atoms. The maximum absolute atomic E-state index is 12.3. The lowest BCUT2D eigenvalue weighted by molar-refractivity contribution is 0.101.